The fourth-order valence-corrected chi connectivity index (χ4v) is 3.59. The zero-order chi connectivity index (χ0) is 21.8. The van der Waals surface area contributed by atoms with E-state index in [-0.39, 0.29) is 18.3 Å². The van der Waals surface area contributed by atoms with Gasteiger partial charge in [0.05, 0.1) is 19.4 Å². The normalized spacial score (nSPS) is 14.8. The molecule has 1 unspecified atom stereocenters. The first-order valence-corrected chi connectivity index (χ1v) is 9.69. The minimum Gasteiger partial charge on any atom is -0.497 e. The predicted molar refractivity (Wildman–Crippen MR) is 115 cm³/mol. The molecule has 0 saturated heterocycles. The van der Waals surface area contributed by atoms with E-state index >= 15 is 0 Å². The molecular formula is C25H20N2O4. The topological polar surface area (TPSA) is 94.6 Å². The molecule has 0 aromatic heterocycles. The molecule has 3 aromatic rings. The van der Waals surface area contributed by atoms with Gasteiger partial charge in [-0.3, -0.25) is 4.79 Å². The summed E-state index contributed by atoms with van der Waals surface area (Å²) < 4.78 is 16.5. The number of carbonyl (C=O) groups excluding carboxylic acids is 1. The number of methoxy groups -OCH3 is 1. The van der Waals surface area contributed by atoms with Gasteiger partial charge in [0.2, 0.25) is 5.88 Å². The fraction of sp³-hybridized carbons (Fsp3) is 0.120. The number of hydrogen-bond acceptors (Lipinski definition) is 6. The van der Waals surface area contributed by atoms with Gasteiger partial charge in [0.1, 0.15) is 28.9 Å². The summed E-state index contributed by atoms with van der Waals surface area (Å²) >= 11 is 0. The molecule has 1 atom stereocenters. The first-order chi connectivity index (χ1) is 15.1. The van der Waals surface area contributed by atoms with Crippen molar-refractivity contribution in [3.63, 3.8) is 0 Å². The van der Waals surface area contributed by atoms with E-state index in [4.69, 9.17) is 19.9 Å². The molecule has 2 N–H and O–H groups in total. The molecule has 31 heavy (non-hydrogen) atoms. The van der Waals surface area contributed by atoms with E-state index in [0.717, 1.165) is 16.7 Å². The average Bonchev–Trinajstić information content (AvgIpc) is 2.78. The maximum absolute atomic E-state index is 12.3. The van der Waals surface area contributed by atoms with Gasteiger partial charge < -0.3 is 19.9 Å². The minimum atomic E-state index is -0.419. The van der Waals surface area contributed by atoms with Crippen LogP contribution in [0.1, 0.15) is 22.6 Å². The number of rotatable bonds is 5. The molecule has 0 spiro atoms. The van der Waals surface area contributed by atoms with Gasteiger partial charge in [-0.25, -0.2) is 0 Å². The lowest BCUT2D eigenvalue weighted by molar-refractivity contribution is -0.133. The number of fused-ring (bicyclic) bond motifs is 1. The molecule has 6 nitrogen and oxygen atoms in total. The van der Waals surface area contributed by atoms with Crippen molar-refractivity contribution in [3.05, 3.63) is 101 Å². The maximum atomic E-state index is 12.3. The largest absolute Gasteiger partial charge is 0.497 e. The van der Waals surface area contributed by atoms with E-state index in [1.165, 1.54) is 0 Å². The molecule has 0 saturated carbocycles. The second-order valence-corrected chi connectivity index (χ2v) is 7.04. The molecule has 0 amide bonds. The van der Waals surface area contributed by atoms with Crippen LogP contribution in [-0.2, 0) is 11.2 Å². The summed E-state index contributed by atoms with van der Waals surface area (Å²) in [6.07, 6.45) is 0.159. The van der Waals surface area contributed by atoms with Gasteiger partial charge in [0.25, 0.3) is 0 Å². The van der Waals surface area contributed by atoms with Crippen LogP contribution in [-0.4, -0.2) is 13.1 Å². The van der Waals surface area contributed by atoms with Crippen LogP contribution in [0.15, 0.2) is 84.3 Å². The second-order valence-electron chi connectivity index (χ2n) is 7.04. The number of nitrogens with two attached hydrogens (primary N) is 1. The predicted octanol–water partition coefficient (Wildman–Crippen LogP) is 4.06. The second kappa shape index (κ2) is 8.64. The molecule has 0 aliphatic carbocycles. The van der Waals surface area contributed by atoms with Gasteiger partial charge >= 0.3 is 5.97 Å². The van der Waals surface area contributed by atoms with Crippen LogP contribution in [0.5, 0.6) is 17.2 Å². The number of esters is 1. The maximum Gasteiger partial charge on any atom is 0.315 e. The molecule has 1 aliphatic rings. The van der Waals surface area contributed by atoms with Gasteiger partial charge in [-0.1, -0.05) is 48.5 Å². The highest BCUT2D eigenvalue weighted by atomic mass is 16.5. The van der Waals surface area contributed by atoms with Crippen molar-refractivity contribution >= 4 is 5.97 Å². The SMILES string of the molecule is COc1cccc(C2C(C#N)=C(N)Oc3cc(OC(=O)Cc4ccccc4)ccc32)c1. The molecule has 0 radical (unpaired) electrons. The molecule has 6 heteroatoms. The van der Waals surface area contributed by atoms with Gasteiger partial charge in [0, 0.05) is 11.6 Å². The summed E-state index contributed by atoms with van der Waals surface area (Å²) in [5.41, 5.74) is 8.83. The number of carbonyl (C=O) groups is 1. The fourth-order valence-electron chi connectivity index (χ4n) is 3.59. The smallest absolute Gasteiger partial charge is 0.315 e. The third kappa shape index (κ3) is 4.21. The van der Waals surface area contributed by atoms with E-state index in [1.54, 1.807) is 25.3 Å². The lowest BCUT2D eigenvalue weighted by Crippen LogP contribution is -2.21. The Labute approximate surface area is 180 Å². The van der Waals surface area contributed by atoms with Crippen molar-refractivity contribution in [3.8, 4) is 23.3 Å². The molecule has 1 aliphatic heterocycles. The summed E-state index contributed by atoms with van der Waals surface area (Å²) in [7, 11) is 1.59. The van der Waals surface area contributed by atoms with Crippen LogP contribution >= 0.6 is 0 Å². The van der Waals surface area contributed by atoms with Crippen LogP contribution in [0.2, 0.25) is 0 Å². The molecule has 0 bridgehead atoms. The summed E-state index contributed by atoms with van der Waals surface area (Å²) in [4.78, 5) is 12.3. The van der Waals surface area contributed by atoms with E-state index in [9.17, 15) is 10.1 Å². The van der Waals surface area contributed by atoms with Gasteiger partial charge in [-0.15, -0.1) is 0 Å². The van der Waals surface area contributed by atoms with E-state index in [1.807, 2.05) is 54.6 Å². The first-order valence-electron chi connectivity index (χ1n) is 9.69. The third-order valence-electron chi connectivity index (χ3n) is 5.04. The van der Waals surface area contributed by atoms with E-state index in [2.05, 4.69) is 6.07 Å². The zero-order valence-electron chi connectivity index (χ0n) is 16.9. The first kappa shape index (κ1) is 20.0. The van der Waals surface area contributed by atoms with Crippen molar-refractivity contribution in [1.82, 2.24) is 0 Å². The highest BCUT2D eigenvalue weighted by Gasteiger charge is 2.31. The van der Waals surface area contributed by atoms with Crippen LogP contribution in [0.25, 0.3) is 0 Å². The van der Waals surface area contributed by atoms with Crippen molar-refractivity contribution in [2.24, 2.45) is 5.73 Å². The summed E-state index contributed by atoms with van der Waals surface area (Å²) in [5, 5.41) is 9.69. The van der Waals surface area contributed by atoms with E-state index in [0.29, 0.717) is 22.8 Å². The van der Waals surface area contributed by atoms with Crippen molar-refractivity contribution in [1.29, 1.82) is 5.26 Å². The minimum absolute atomic E-state index is 0.0237. The Morgan fingerprint density at radius 1 is 1.06 bits per heavy atom. The van der Waals surface area contributed by atoms with Crippen molar-refractivity contribution in [2.75, 3.05) is 7.11 Å². The van der Waals surface area contributed by atoms with Crippen LogP contribution in [0, 0.1) is 11.3 Å². The third-order valence-corrected chi connectivity index (χ3v) is 5.04. The van der Waals surface area contributed by atoms with Gasteiger partial charge in [-0.2, -0.15) is 5.26 Å². The number of benzene rings is 3. The zero-order valence-corrected chi connectivity index (χ0v) is 16.9. The summed E-state index contributed by atoms with van der Waals surface area (Å²) in [6, 6.07) is 24.1. The monoisotopic (exact) mass is 412 g/mol. The molecule has 1 heterocycles. The average molecular weight is 412 g/mol. The number of nitrogens with zero attached hydrogens (tertiary/aromatic N) is 1. The van der Waals surface area contributed by atoms with Gasteiger partial charge in [0.15, 0.2) is 0 Å². The van der Waals surface area contributed by atoms with Crippen molar-refractivity contribution < 1.29 is 19.0 Å². The summed E-state index contributed by atoms with van der Waals surface area (Å²) in [5.74, 6) is 0.681. The molecular weight excluding hydrogens is 392 g/mol. The highest BCUT2D eigenvalue weighted by Crippen LogP contribution is 2.43. The standard InChI is InChI=1S/C25H20N2O4/c1-29-18-9-5-8-17(13-18)24-20-11-10-19(14-22(20)31-25(27)21(24)15-26)30-23(28)12-16-6-3-2-4-7-16/h2-11,13-14,24H,12,27H2,1H3. The van der Waals surface area contributed by atoms with E-state index < -0.39 is 5.92 Å². The van der Waals surface area contributed by atoms with Crippen LogP contribution in [0.3, 0.4) is 0 Å². The van der Waals surface area contributed by atoms with Gasteiger partial charge in [-0.05, 0) is 29.3 Å². The summed E-state index contributed by atoms with van der Waals surface area (Å²) in [6.45, 7) is 0. The lowest BCUT2D eigenvalue weighted by atomic mass is 9.83. The molecule has 4 rings (SSSR count). The number of nitriles is 1. The Hall–Kier alpha value is -4.24. The van der Waals surface area contributed by atoms with Crippen molar-refractivity contribution in [2.45, 2.75) is 12.3 Å². The Kier molecular flexibility index (Phi) is 5.59. The Morgan fingerprint density at radius 2 is 1.87 bits per heavy atom. The Balaban J connectivity index is 1.64. The molecule has 154 valence electrons. The Bertz CT molecular complexity index is 1200. The number of hydrogen-bond donors (Lipinski definition) is 1. The molecule has 0 fully saturated rings. The quantitative estimate of drug-likeness (QED) is 0.502. The van der Waals surface area contributed by atoms with Crippen LogP contribution < -0.4 is 19.9 Å². The molecule has 3 aromatic carbocycles. The highest BCUT2D eigenvalue weighted by molar-refractivity contribution is 5.75. The number of allylic oxidation sites excluding steroid dienone is 1. The lowest BCUT2D eigenvalue weighted by Gasteiger charge is -2.27. The van der Waals surface area contributed by atoms with Crippen LogP contribution in [0.4, 0.5) is 0 Å². The Morgan fingerprint density at radius 3 is 2.61 bits per heavy atom. The number of ether oxygens (including phenoxy) is 3.